The zero-order valence-electron chi connectivity index (χ0n) is 13.1. The third kappa shape index (κ3) is 2.97. The van der Waals surface area contributed by atoms with Crippen LogP contribution >= 0.6 is 11.3 Å². The SMILES string of the molecule is O=C(NCc1ccnc(-c2ccsc2)c1)c1noc2c1CCCC2. The van der Waals surface area contributed by atoms with Gasteiger partial charge in [-0.15, -0.1) is 0 Å². The first-order valence-electron chi connectivity index (χ1n) is 8.04. The first kappa shape index (κ1) is 15.1. The Balaban J connectivity index is 1.46. The second-order valence-corrected chi connectivity index (χ2v) is 6.66. The number of aryl methyl sites for hydroxylation is 1. The lowest BCUT2D eigenvalue weighted by atomic mass is 9.96. The Labute approximate surface area is 143 Å². The maximum absolute atomic E-state index is 12.4. The van der Waals surface area contributed by atoms with E-state index in [2.05, 4.69) is 20.8 Å². The van der Waals surface area contributed by atoms with Crippen molar-refractivity contribution in [2.75, 3.05) is 0 Å². The maximum Gasteiger partial charge on any atom is 0.274 e. The number of hydrogen-bond donors (Lipinski definition) is 1. The summed E-state index contributed by atoms with van der Waals surface area (Å²) >= 11 is 1.64. The van der Waals surface area contributed by atoms with Gasteiger partial charge in [0.2, 0.25) is 0 Å². The summed E-state index contributed by atoms with van der Waals surface area (Å²) in [6.45, 7) is 0.445. The molecule has 5 nitrogen and oxygen atoms in total. The number of carbonyl (C=O) groups excluding carboxylic acids is 1. The Morgan fingerprint density at radius 1 is 1.29 bits per heavy atom. The second kappa shape index (κ2) is 6.57. The molecule has 122 valence electrons. The highest BCUT2D eigenvalue weighted by Gasteiger charge is 2.23. The fraction of sp³-hybridized carbons (Fsp3) is 0.278. The van der Waals surface area contributed by atoms with E-state index in [0.29, 0.717) is 12.2 Å². The van der Waals surface area contributed by atoms with Gasteiger partial charge < -0.3 is 9.84 Å². The van der Waals surface area contributed by atoms with E-state index in [-0.39, 0.29) is 5.91 Å². The number of amides is 1. The van der Waals surface area contributed by atoms with Gasteiger partial charge in [-0.1, -0.05) is 5.16 Å². The number of carbonyl (C=O) groups is 1. The first-order chi connectivity index (χ1) is 11.8. The van der Waals surface area contributed by atoms with Crippen LogP contribution in [0.4, 0.5) is 0 Å². The van der Waals surface area contributed by atoms with Crippen LogP contribution < -0.4 is 5.32 Å². The molecule has 1 N–H and O–H groups in total. The number of pyridine rings is 1. The average Bonchev–Trinajstić information content (AvgIpc) is 3.29. The molecule has 1 aliphatic carbocycles. The van der Waals surface area contributed by atoms with E-state index in [1.165, 1.54) is 0 Å². The van der Waals surface area contributed by atoms with Gasteiger partial charge in [0.25, 0.3) is 5.91 Å². The summed E-state index contributed by atoms with van der Waals surface area (Å²) in [5, 5.41) is 11.0. The van der Waals surface area contributed by atoms with E-state index in [9.17, 15) is 4.79 Å². The third-order valence-corrected chi connectivity index (χ3v) is 4.94. The molecule has 6 heteroatoms. The maximum atomic E-state index is 12.4. The summed E-state index contributed by atoms with van der Waals surface area (Å²) < 4.78 is 5.31. The molecule has 3 heterocycles. The minimum atomic E-state index is -0.171. The lowest BCUT2D eigenvalue weighted by Gasteiger charge is -2.09. The predicted octanol–water partition coefficient (Wildman–Crippen LogP) is 3.61. The molecule has 4 rings (SSSR count). The monoisotopic (exact) mass is 339 g/mol. The van der Waals surface area contributed by atoms with E-state index in [1.807, 2.05) is 23.6 Å². The topological polar surface area (TPSA) is 68.0 Å². The molecule has 0 saturated carbocycles. The van der Waals surface area contributed by atoms with Crippen LogP contribution in [0.1, 0.15) is 40.2 Å². The molecule has 0 fully saturated rings. The van der Waals surface area contributed by atoms with E-state index in [4.69, 9.17) is 4.52 Å². The van der Waals surface area contributed by atoms with Crippen LogP contribution in [0.15, 0.2) is 39.7 Å². The number of aromatic nitrogens is 2. The van der Waals surface area contributed by atoms with Crippen molar-refractivity contribution >= 4 is 17.2 Å². The molecule has 0 aromatic carbocycles. The van der Waals surface area contributed by atoms with Crippen LogP contribution in [-0.2, 0) is 19.4 Å². The Morgan fingerprint density at radius 3 is 3.08 bits per heavy atom. The zero-order chi connectivity index (χ0) is 16.4. The Hall–Kier alpha value is -2.47. The second-order valence-electron chi connectivity index (χ2n) is 5.88. The van der Waals surface area contributed by atoms with Crippen molar-refractivity contribution in [2.24, 2.45) is 0 Å². The van der Waals surface area contributed by atoms with E-state index in [1.54, 1.807) is 17.5 Å². The molecule has 3 aromatic heterocycles. The van der Waals surface area contributed by atoms with Crippen molar-refractivity contribution in [3.8, 4) is 11.3 Å². The number of thiophene rings is 1. The molecule has 0 atom stereocenters. The van der Waals surface area contributed by atoms with Gasteiger partial charge in [0.15, 0.2) is 5.69 Å². The van der Waals surface area contributed by atoms with Gasteiger partial charge in [-0.25, -0.2) is 0 Å². The Morgan fingerprint density at radius 2 is 2.21 bits per heavy atom. The number of nitrogens with one attached hydrogen (secondary N) is 1. The van der Waals surface area contributed by atoms with Gasteiger partial charge >= 0.3 is 0 Å². The van der Waals surface area contributed by atoms with Crippen molar-refractivity contribution in [3.63, 3.8) is 0 Å². The molecule has 3 aromatic rings. The van der Waals surface area contributed by atoms with Crippen molar-refractivity contribution in [1.82, 2.24) is 15.5 Å². The lowest BCUT2D eigenvalue weighted by molar-refractivity contribution is 0.0941. The van der Waals surface area contributed by atoms with Gasteiger partial charge in [0.05, 0.1) is 5.69 Å². The minimum absolute atomic E-state index is 0.171. The van der Waals surface area contributed by atoms with Crippen LogP contribution in [0.2, 0.25) is 0 Å². The van der Waals surface area contributed by atoms with Crippen LogP contribution in [0.5, 0.6) is 0 Å². The predicted molar refractivity (Wildman–Crippen MR) is 91.9 cm³/mol. The number of rotatable bonds is 4. The minimum Gasteiger partial charge on any atom is -0.360 e. The molecular weight excluding hydrogens is 322 g/mol. The van der Waals surface area contributed by atoms with Crippen molar-refractivity contribution in [3.05, 3.63) is 57.7 Å². The Kier molecular flexibility index (Phi) is 4.13. The molecule has 0 unspecified atom stereocenters. The summed E-state index contributed by atoms with van der Waals surface area (Å²) in [4.78, 5) is 16.8. The third-order valence-electron chi connectivity index (χ3n) is 4.26. The normalized spacial score (nSPS) is 13.5. The van der Waals surface area contributed by atoms with Crippen LogP contribution in [-0.4, -0.2) is 16.0 Å². The van der Waals surface area contributed by atoms with Crippen LogP contribution in [0.3, 0.4) is 0 Å². The fourth-order valence-corrected chi connectivity index (χ4v) is 3.63. The highest BCUT2D eigenvalue weighted by molar-refractivity contribution is 7.08. The largest absolute Gasteiger partial charge is 0.360 e. The first-order valence-corrected chi connectivity index (χ1v) is 8.98. The standard InChI is InChI=1S/C18H17N3O2S/c22-18(17-14-3-1-2-4-16(14)23-21-17)20-10-12-5-7-19-15(9-12)13-6-8-24-11-13/h5-9,11H,1-4,10H2,(H,20,22). The smallest absolute Gasteiger partial charge is 0.274 e. The molecule has 1 aliphatic rings. The molecule has 24 heavy (non-hydrogen) atoms. The summed E-state index contributed by atoms with van der Waals surface area (Å²) in [5.74, 6) is 0.700. The molecular formula is C18H17N3O2S. The molecule has 1 amide bonds. The van der Waals surface area contributed by atoms with Gasteiger partial charge in [0, 0.05) is 35.7 Å². The zero-order valence-corrected chi connectivity index (χ0v) is 13.9. The number of nitrogens with zero attached hydrogens (tertiary/aromatic N) is 2. The summed E-state index contributed by atoms with van der Waals surface area (Å²) in [7, 11) is 0. The summed E-state index contributed by atoms with van der Waals surface area (Å²) in [6.07, 6.45) is 5.71. The molecule has 0 aliphatic heterocycles. The fourth-order valence-electron chi connectivity index (χ4n) is 2.98. The molecule has 0 radical (unpaired) electrons. The lowest BCUT2D eigenvalue weighted by Crippen LogP contribution is -2.24. The molecule has 0 spiro atoms. The summed E-state index contributed by atoms with van der Waals surface area (Å²) in [5.41, 5.74) is 4.45. The van der Waals surface area contributed by atoms with Crippen molar-refractivity contribution < 1.29 is 9.32 Å². The van der Waals surface area contributed by atoms with Crippen LogP contribution in [0, 0.1) is 0 Å². The molecule has 0 saturated heterocycles. The van der Waals surface area contributed by atoms with Crippen molar-refractivity contribution in [1.29, 1.82) is 0 Å². The van der Waals surface area contributed by atoms with E-state index >= 15 is 0 Å². The quantitative estimate of drug-likeness (QED) is 0.788. The van der Waals surface area contributed by atoms with E-state index in [0.717, 1.165) is 53.8 Å². The van der Waals surface area contributed by atoms with Gasteiger partial charge in [-0.2, -0.15) is 11.3 Å². The van der Waals surface area contributed by atoms with Crippen LogP contribution in [0.25, 0.3) is 11.3 Å². The highest BCUT2D eigenvalue weighted by Crippen LogP contribution is 2.24. The Bertz CT molecular complexity index is 855. The highest BCUT2D eigenvalue weighted by atomic mass is 32.1. The van der Waals surface area contributed by atoms with Crippen molar-refractivity contribution in [2.45, 2.75) is 32.2 Å². The van der Waals surface area contributed by atoms with Gasteiger partial charge in [0.1, 0.15) is 5.76 Å². The van der Waals surface area contributed by atoms with E-state index < -0.39 is 0 Å². The molecule has 0 bridgehead atoms. The number of fused-ring (bicyclic) bond motifs is 1. The average molecular weight is 339 g/mol. The van der Waals surface area contributed by atoms with Gasteiger partial charge in [-0.05, 0) is 48.4 Å². The van der Waals surface area contributed by atoms with Gasteiger partial charge in [-0.3, -0.25) is 9.78 Å². The number of hydrogen-bond acceptors (Lipinski definition) is 5. The summed E-state index contributed by atoms with van der Waals surface area (Å²) in [6, 6.07) is 5.95.